The summed E-state index contributed by atoms with van der Waals surface area (Å²) in [6.45, 7) is 5.02. The average Bonchev–Trinajstić information content (AvgIpc) is 3.00. The molecular weight excluding hydrogens is 253 g/mol. The van der Waals surface area contributed by atoms with Gasteiger partial charge in [-0.1, -0.05) is 19.1 Å². The molecule has 0 saturated heterocycles. The SMILES string of the molecule is CC(NCc1ccc(C2CC2C)o1)c1ccc(F)cc1. The maximum Gasteiger partial charge on any atom is 0.123 e. The molecule has 0 aliphatic heterocycles. The number of nitrogens with one attached hydrogen (secondary N) is 1. The Morgan fingerprint density at radius 1 is 1.25 bits per heavy atom. The quantitative estimate of drug-likeness (QED) is 0.873. The van der Waals surface area contributed by atoms with Gasteiger partial charge < -0.3 is 9.73 Å². The molecule has 0 spiro atoms. The van der Waals surface area contributed by atoms with Crippen molar-refractivity contribution in [2.24, 2.45) is 5.92 Å². The predicted octanol–water partition coefficient (Wildman–Crippen LogP) is 4.39. The fourth-order valence-electron chi connectivity index (χ4n) is 2.53. The summed E-state index contributed by atoms with van der Waals surface area (Å²) in [7, 11) is 0. The lowest BCUT2D eigenvalue weighted by atomic mass is 10.1. The molecule has 1 heterocycles. The lowest BCUT2D eigenvalue weighted by Gasteiger charge is -2.13. The van der Waals surface area contributed by atoms with Gasteiger partial charge in [-0.05, 0) is 49.1 Å². The molecule has 0 amide bonds. The van der Waals surface area contributed by atoms with Crippen LogP contribution in [0.15, 0.2) is 40.8 Å². The second kappa shape index (κ2) is 5.41. The maximum atomic E-state index is 12.9. The molecule has 20 heavy (non-hydrogen) atoms. The number of rotatable bonds is 5. The van der Waals surface area contributed by atoms with Crippen LogP contribution < -0.4 is 5.32 Å². The second-order valence-electron chi connectivity index (χ2n) is 5.78. The van der Waals surface area contributed by atoms with Gasteiger partial charge in [-0.2, -0.15) is 0 Å². The van der Waals surface area contributed by atoms with Gasteiger partial charge in [-0.3, -0.25) is 0 Å². The molecule has 0 bridgehead atoms. The number of furan rings is 1. The van der Waals surface area contributed by atoms with Crippen molar-refractivity contribution in [2.45, 2.75) is 38.8 Å². The van der Waals surface area contributed by atoms with E-state index in [1.807, 2.05) is 18.2 Å². The maximum absolute atomic E-state index is 12.9. The Labute approximate surface area is 119 Å². The molecule has 3 rings (SSSR count). The van der Waals surface area contributed by atoms with Crippen molar-refractivity contribution in [3.63, 3.8) is 0 Å². The van der Waals surface area contributed by atoms with Crippen LogP contribution in [0, 0.1) is 11.7 Å². The van der Waals surface area contributed by atoms with Crippen molar-refractivity contribution in [1.29, 1.82) is 0 Å². The van der Waals surface area contributed by atoms with Crippen molar-refractivity contribution in [3.05, 3.63) is 59.3 Å². The monoisotopic (exact) mass is 273 g/mol. The van der Waals surface area contributed by atoms with E-state index in [9.17, 15) is 4.39 Å². The first-order valence-corrected chi connectivity index (χ1v) is 7.21. The van der Waals surface area contributed by atoms with Crippen LogP contribution in [-0.4, -0.2) is 0 Å². The summed E-state index contributed by atoms with van der Waals surface area (Å²) in [6.07, 6.45) is 1.24. The summed E-state index contributed by atoms with van der Waals surface area (Å²) >= 11 is 0. The third-order valence-corrected chi connectivity index (χ3v) is 4.11. The first-order chi connectivity index (χ1) is 9.63. The van der Waals surface area contributed by atoms with Gasteiger partial charge in [0.25, 0.3) is 0 Å². The van der Waals surface area contributed by atoms with Crippen LogP contribution in [0.4, 0.5) is 4.39 Å². The van der Waals surface area contributed by atoms with E-state index in [0.29, 0.717) is 12.5 Å². The Bertz CT molecular complexity index is 575. The summed E-state index contributed by atoms with van der Waals surface area (Å²) < 4.78 is 18.7. The molecule has 2 aromatic rings. The van der Waals surface area contributed by atoms with Gasteiger partial charge in [0.05, 0.1) is 6.54 Å². The highest BCUT2D eigenvalue weighted by atomic mass is 19.1. The van der Waals surface area contributed by atoms with Gasteiger partial charge in [0, 0.05) is 12.0 Å². The molecule has 1 saturated carbocycles. The predicted molar refractivity (Wildman–Crippen MR) is 76.9 cm³/mol. The minimum atomic E-state index is -0.199. The molecule has 1 aliphatic rings. The second-order valence-corrected chi connectivity index (χ2v) is 5.78. The first-order valence-electron chi connectivity index (χ1n) is 7.21. The molecule has 3 heteroatoms. The van der Waals surface area contributed by atoms with Crippen LogP contribution in [0.5, 0.6) is 0 Å². The van der Waals surface area contributed by atoms with Crippen molar-refractivity contribution in [3.8, 4) is 0 Å². The lowest BCUT2D eigenvalue weighted by molar-refractivity contribution is 0.430. The number of hydrogen-bond donors (Lipinski definition) is 1. The van der Waals surface area contributed by atoms with E-state index in [-0.39, 0.29) is 11.9 Å². The van der Waals surface area contributed by atoms with Crippen molar-refractivity contribution in [2.75, 3.05) is 0 Å². The minimum absolute atomic E-state index is 0.170. The van der Waals surface area contributed by atoms with E-state index in [2.05, 4.69) is 25.2 Å². The van der Waals surface area contributed by atoms with Crippen LogP contribution in [0.3, 0.4) is 0 Å². The molecule has 1 N–H and O–H groups in total. The molecule has 0 radical (unpaired) electrons. The van der Waals surface area contributed by atoms with Crippen LogP contribution >= 0.6 is 0 Å². The molecule has 3 atom stereocenters. The number of hydrogen-bond acceptors (Lipinski definition) is 2. The van der Waals surface area contributed by atoms with Crippen molar-refractivity contribution in [1.82, 2.24) is 5.32 Å². The fraction of sp³-hybridized carbons (Fsp3) is 0.412. The van der Waals surface area contributed by atoms with E-state index in [4.69, 9.17) is 4.42 Å². The van der Waals surface area contributed by atoms with Crippen molar-refractivity contribution >= 4 is 0 Å². The molecule has 2 nitrogen and oxygen atoms in total. The van der Waals surface area contributed by atoms with Crippen LogP contribution in [0.2, 0.25) is 0 Å². The molecular formula is C17H20FNO. The summed E-state index contributed by atoms with van der Waals surface area (Å²) in [6, 6.07) is 10.9. The third-order valence-electron chi connectivity index (χ3n) is 4.11. The summed E-state index contributed by atoms with van der Waals surface area (Å²) in [4.78, 5) is 0. The van der Waals surface area contributed by atoms with Gasteiger partial charge in [0.2, 0.25) is 0 Å². The van der Waals surface area contributed by atoms with Crippen molar-refractivity contribution < 1.29 is 8.81 Å². The van der Waals surface area contributed by atoms with Gasteiger partial charge in [0.15, 0.2) is 0 Å². The topological polar surface area (TPSA) is 25.2 Å². The van der Waals surface area contributed by atoms with E-state index in [1.54, 1.807) is 0 Å². The van der Waals surface area contributed by atoms with Crippen LogP contribution in [0.1, 0.15) is 49.3 Å². The summed E-state index contributed by atoms with van der Waals surface area (Å²) in [5.74, 6) is 3.27. The normalized spacial score (nSPS) is 22.8. The highest BCUT2D eigenvalue weighted by molar-refractivity contribution is 5.20. The average molecular weight is 273 g/mol. The van der Waals surface area contributed by atoms with Gasteiger partial charge in [-0.25, -0.2) is 4.39 Å². The van der Waals surface area contributed by atoms with Gasteiger partial charge in [-0.15, -0.1) is 0 Å². The van der Waals surface area contributed by atoms with Crippen LogP contribution in [0.25, 0.3) is 0 Å². The molecule has 1 fully saturated rings. The van der Waals surface area contributed by atoms with Gasteiger partial charge in [0.1, 0.15) is 17.3 Å². The molecule has 1 aromatic carbocycles. The van der Waals surface area contributed by atoms with E-state index < -0.39 is 0 Å². The highest BCUT2D eigenvalue weighted by Crippen LogP contribution is 2.47. The molecule has 106 valence electrons. The Kier molecular flexibility index (Phi) is 3.62. The number of halogens is 1. The zero-order valence-electron chi connectivity index (χ0n) is 11.9. The number of benzene rings is 1. The third kappa shape index (κ3) is 2.93. The molecule has 3 unspecified atom stereocenters. The fourth-order valence-corrected chi connectivity index (χ4v) is 2.53. The van der Waals surface area contributed by atoms with E-state index in [1.165, 1.54) is 18.6 Å². The smallest absolute Gasteiger partial charge is 0.123 e. The van der Waals surface area contributed by atoms with Gasteiger partial charge >= 0.3 is 0 Å². The molecule has 1 aromatic heterocycles. The minimum Gasteiger partial charge on any atom is -0.464 e. The summed E-state index contributed by atoms with van der Waals surface area (Å²) in [5, 5.41) is 3.40. The standard InChI is InChI=1S/C17H20FNO/c1-11-9-16(11)17-8-7-15(20-17)10-19-12(2)13-3-5-14(18)6-4-13/h3-8,11-12,16,19H,9-10H2,1-2H3. The first kappa shape index (κ1) is 13.4. The zero-order chi connectivity index (χ0) is 14.1. The Morgan fingerprint density at radius 3 is 2.60 bits per heavy atom. The van der Waals surface area contributed by atoms with E-state index in [0.717, 1.165) is 23.0 Å². The van der Waals surface area contributed by atoms with Crippen LogP contribution in [-0.2, 0) is 6.54 Å². The lowest BCUT2D eigenvalue weighted by Crippen LogP contribution is -2.17. The Hall–Kier alpha value is -1.61. The molecule has 1 aliphatic carbocycles. The Morgan fingerprint density at radius 2 is 1.95 bits per heavy atom. The van der Waals surface area contributed by atoms with E-state index >= 15 is 0 Å². The highest BCUT2D eigenvalue weighted by Gasteiger charge is 2.36. The zero-order valence-corrected chi connectivity index (χ0v) is 11.9. The summed E-state index contributed by atoms with van der Waals surface area (Å²) in [5.41, 5.74) is 1.08. The Balaban J connectivity index is 1.56. The largest absolute Gasteiger partial charge is 0.464 e.